The highest BCUT2D eigenvalue weighted by molar-refractivity contribution is 6.31. The predicted molar refractivity (Wildman–Crippen MR) is 190 cm³/mol. The zero-order chi connectivity index (χ0) is 33.6. The summed E-state index contributed by atoms with van der Waals surface area (Å²) in [6.45, 7) is 6.54. The van der Waals surface area contributed by atoms with Gasteiger partial charge in [-0.3, -0.25) is 9.69 Å². The molecule has 2 bridgehead atoms. The Balaban J connectivity index is 1.25. The molecule has 3 aromatic carbocycles. The third-order valence-electron chi connectivity index (χ3n) is 11.8. The van der Waals surface area contributed by atoms with Crippen LogP contribution in [-0.2, 0) is 25.8 Å². The second-order valence-electron chi connectivity index (χ2n) is 14.8. The highest BCUT2D eigenvalue weighted by Gasteiger charge is 2.57. The number of benzene rings is 3. The van der Waals surface area contributed by atoms with Gasteiger partial charge in [0.25, 0.3) is 0 Å². The number of ketones is 1. The topological polar surface area (TPSA) is 76.6 Å². The molecule has 5 nitrogen and oxygen atoms in total. The van der Waals surface area contributed by atoms with E-state index in [1.165, 1.54) is 28.3 Å². The van der Waals surface area contributed by atoms with E-state index < -0.39 is 22.9 Å². The van der Waals surface area contributed by atoms with Crippen LogP contribution in [0.5, 0.6) is 0 Å². The van der Waals surface area contributed by atoms with Crippen molar-refractivity contribution in [3.8, 4) is 0 Å². The fourth-order valence-corrected chi connectivity index (χ4v) is 9.18. The Bertz CT molecular complexity index is 1860. The SMILES string of the molecule is CC1=CCC[C@@]2(C)[C@@H](CC[C@@]2(O)CN2CCc3c([nH]c4ccccc34)C2)c2ccc(cc2C(=O)Cc2c(F)cccc2Cl)C[C@@H](O)CC1. The molecule has 1 saturated carbocycles. The molecule has 4 atom stereocenters. The Hall–Kier alpha value is -3.29. The molecule has 4 aromatic rings. The molecule has 0 radical (unpaired) electrons. The van der Waals surface area contributed by atoms with E-state index in [0.717, 1.165) is 61.8 Å². The number of aliphatic hydroxyl groups excluding tert-OH is 1. The minimum atomic E-state index is -0.982. The average Bonchev–Trinajstić information content (AvgIpc) is 3.55. The number of aliphatic hydroxyl groups is 2. The fourth-order valence-electron chi connectivity index (χ4n) is 8.95. The second-order valence-corrected chi connectivity index (χ2v) is 15.2. The van der Waals surface area contributed by atoms with Gasteiger partial charge in [-0.2, -0.15) is 0 Å². The van der Waals surface area contributed by atoms with Crippen LogP contribution < -0.4 is 0 Å². The van der Waals surface area contributed by atoms with E-state index in [1.807, 2.05) is 18.2 Å². The molecule has 0 amide bonds. The van der Waals surface area contributed by atoms with Crippen molar-refractivity contribution in [1.82, 2.24) is 9.88 Å². The van der Waals surface area contributed by atoms with Gasteiger partial charge in [-0.15, -0.1) is 0 Å². The van der Waals surface area contributed by atoms with E-state index in [-0.39, 0.29) is 28.7 Å². The van der Waals surface area contributed by atoms with Crippen molar-refractivity contribution in [1.29, 1.82) is 0 Å². The van der Waals surface area contributed by atoms with Gasteiger partial charge >= 0.3 is 0 Å². The molecule has 252 valence electrons. The highest BCUT2D eigenvalue weighted by atomic mass is 35.5. The fraction of sp³-hybridized carbons (Fsp3) is 0.439. The van der Waals surface area contributed by atoms with E-state index in [4.69, 9.17) is 11.6 Å². The molecule has 0 spiro atoms. The number of aromatic amines is 1. The molecule has 1 aromatic heterocycles. The van der Waals surface area contributed by atoms with Crippen molar-refractivity contribution in [2.45, 2.75) is 95.8 Å². The number of para-hydroxylation sites is 1. The van der Waals surface area contributed by atoms with Gasteiger partial charge in [0.15, 0.2) is 5.78 Å². The Labute approximate surface area is 287 Å². The first kappa shape index (κ1) is 33.2. The van der Waals surface area contributed by atoms with Crippen LogP contribution in [0.2, 0.25) is 5.02 Å². The molecule has 8 rings (SSSR count). The van der Waals surface area contributed by atoms with Crippen LogP contribution in [0.15, 0.2) is 72.3 Å². The zero-order valence-electron chi connectivity index (χ0n) is 28.0. The molecule has 4 aliphatic rings. The summed E-state index contributed by atoms with van der Waals surface area (Å²) in [6.07, 6.45) is 7.30. The van der Waals surface area contributed by atoms with Crippen LogP contribution in [0, 0.1) is 11.2 Å². The lowest BCUT2D eigenvalue weighted by atomic mass is 9.64. The number of aromatic nitrogens is 1. The number of allylic oxidation sites excluding steroid dienone is 2. The van der Waals surface area contributed by atoms with Crippen LogP contribution >= 0.6 is 11.6 Å². The molecular weight excluding hydrogens is 623 g/mol. The number of Topliss-reactive ketones (excluding diaryl/α,β-unsaturated/α-hetero) is 1. The number of β-amino-alcohol motifs (C(OH)–C–C–N with tert-alkyl or cyclic N) is 1. The van der Waals surface area contributed by atoms with E-state index in [2.05, 4.69) is 54.1 Å². The molecular formula is C41H46ClFN2O3. The number of carbonyl (C=O) groups excluding carboxylic acids is 1. The number of nitrogens with one attached hydrogen (secondary N) is 1. The second kappa shape index (κ2) is 13.2. The number of rotatable bonds is 5. The van der Waals surface area contributed by atoms with Gasteiger partial charge in [0.05, 0.1) is 11.7 Å². The maximum atomic E-state index is 14.9. The van der Waals surface area contributed by atoms with Crippen LogP contribution in [0.25, 0.3) is 10.9 Å². The number of hydrogen-bond donors (Lipinski definition) is 3. The van der Waals surface area contributed by atoms with Gasteiger partial charge < -0.3 is 15.2 Å². The van der Waals surface area contributed by atoms with Gasteiger partial charge in [0, 0.05) is 64.2 Å². The van der Waals surface area contributed by atoms with Crippen molar-refractivity contribution in [3.63, 3.8) is 0 Å². The number of fused-ring (bicyclic) bond motifs is 11. The molecule has 7 heteroatoms. The Kier molecular flexibility index (Phi) is 9.14. The van der Waals surface area contributed by atoms with Crippen LogP contribution in [0.4, 0.5) is 4.39 Å². The number of nitrogens with zero attached hydrogens (tertiary/aromatic N) is 1. The Morgan fingerprint density at radius 2 is 1.92 bits per heavy atom. The van der Waals surface area contributed by atoms with Crippen molar-refractivity contribution >= 4 is 28.3 Å². The normalized spacial score (nSPS) is 26.6. The highest BCUT2D eigenvalue weighted by Crippen LogP contribution is 2.59. The molecule has 1 fully saturated rings. The quantitative estimate of drug-likeness (QED) is 0.147. The molecule has 0 unspecified atom stereocenters. The van der Waals surface area contributed by atoms with Crippen LogP contribution in [0.1, 0.15) is 96.6 Å². The molecule has 0 saturated heterocycles. The largest absolute Gasteiger partial charge is 0.393 e. The maximum absolute atomic E-state index is 14.9. The van der Waals surface area contributed by atoms with Crippen molar-refractivity contribution < 1.29 is 19.4 Å². The summed E-state index contributed by atoms with van der Waals surface area (Å²) >= 11 is 6.38. The van der Waals surface area contributed by atoms with E-state index in [1.54, 1.807) is 12.1 Å². The standard InChI is InChI=1S/C41H46ClFN2O3/c1-26-7-6-18-40(2)34(16-19-41(40,48)25-45-20-17-31-30-8-3-4-11-37(30)44-38(31)24-45)29-15-13-27(21-28(46)14-12-26)22-32(29)39(47)23-33-35(42)9-5-10-36(33)43/h3-5,7-11,13,15,22,28,34,44,46,48H,6,12,14,16-21,23-25H2,1-2H3/t28-,34-,40-,41+/m0/s1. The molecule has 3 aliphatic carbocycles. The van der Waals surface area contributed by atoms with Crippen molar-refractivity contribution in [2.75, 3.05) is 13.1 Å². The van der Waals surface area contributed by atoms with Gasteiger partial charge in [-0.1, -0.05) is 66.6 Å². The zero-order valence-corrected chi connectivity index (χ0v) is 28.8. The lowest BCUT2D eigenvalue weighted by Gasteiger charge is -2.46. The van der Waals surface area contributed by atoms with E-state index >= 15 is 0 Å². The minimum Gasteiger partial charge on any atom is -0.393 e. The molecule has 1 aliphatic heterocycles. The number of carbonyl (C=O) groups is 1. The summed E-state index contributed by atoms with van der Waals surface area (Å²) < 4.78 is 14.9. The first-order valence-corrected chi connectivity index (χ1v) is 17.9. The summed E-state index contributed by atoms with van der Waals surface area (Å²) in [6, 6.07) is 18.9. The third kappa shape index (κ3) is 6.17. The smallest absolute Gasteiger partial charge is 0.167 e. The van der Waals surface area contributed by atoms with Crippen LogP contribution in [-0.4, -0.2) is 50.7 Å². The van der Waals surface area contributed by atoms with E-state index in [9.17, 15) is 19.4 Å². The first-order chi connectivity index (χ1) is 23.0. The minimum absolute atomic E-state index is 0.0819. The molecule has 2 heterocycles. The number of halogens is 2. The van der Waals surface area contributed by atoms with Gasteiger partial charge in [-0.25, -0.2) is 4.39 Å². The predicted octanol–water partition coefficient (Wildman–Crippen LogP) is 8.48. The molecule has 48 heavy (non-hydrogen) atoms. The average molecular weight is 669 g/mol. The third-order valence-corrected chi connectivity index (χ3v) is 12.2. The summed E-state index contributed by atoms with van der Waals surface area (Å²) in [5, 5.41) is 25.3. The summed E-state index contributed by atoms with van der Waals surface area (Å²) in [4.78, 5) is 20.2. The monoisotopic (exact) mass is 668 g/mol. The number of hydrogen-bond acceptors (Lipinski definition) is 4. The lowest BCUT2D eigenvalue weighted by molar-refractivity contribution is -0.0857. The van der Waals surface area contributed by atoms with Gasteiger partial charge in [0.2, 0.25) is 0 Å². The van der Waals surface area contributed by atoms with E-state index in [0.29, 0.717) is 31.4 Å². The van der Waals surface area contributed by atoms with Gasteiger partial charge in [0.1, 0.15) is 5.82 Å². The lowest BCUT2D eigenvalue weighted by Crippen LogP contribution is -2.53. The summed E-state index contributed by atoms with van der Waals surface area (Å²) in [5.74, 6) is -0.772. The first-order valence-electron chi connectivity index (χ1n) is 17.5. The number of H-pyrrole nitrogens is 1. The Morgan fingerprint density at radius 3 is 2.75 bits per heavy atom. The molecule has 3 N–H and O–H groups in total. The Morgan fingerprint density at radius 1 is 1.08 bits per heavy atom. The van der Waals surface area contributed by atoms with Crippen molar-refractivity contribution in [3.05, 3.63) is 117 Å². The summed E-state index contributed by atoms with van der Waals surface area (Å²) in [5.41, 5.74) is 6.04. The van der Waals surface area contributed by atoms with Crippen molar-refractivity contribution in [2.24, 2.45) is 5.41 Å². The maximum Gasteiger partial charge on any atom is 0.167 e. The summed E-state index contributed by atoms with van der Waals surface area (Å²) in [7, 11) is 0. The van der Waals surface area contributed by atoms with Gasteiger partial charge in [-0.05, 0) is 105 Å². The van der Waals surface area contributed by atoms with Crippen LogP contribution in [0.3, 0.4) is 0 Å².